The van der Waals surface area contributed by atoms with Crippen molar-refractivity contribution in [3.63, 3.8) is 0 Å². The molecular weight excluding hydrogens is 436 g/mol. The first-order chi connectivity index (χ1) is 16.5. The molecule has 1 fully saturated rings. The lowest BCUT2D eigenvalue weighted by molar-refractivity contribution is 0.0659. The van der Waals surface area contributed by atoms with Crippen molar-refractivity contribution in [2.75, 3.05) is 0 Å². The van der Waals surface area contributed by atoms with Crippen LogP contribution in [0.5, 0.6) is 0 Å². The average molecular weight is 483 g/mol. The van der Waals surface area contributed by atoms with Crippen molar-refractivity contribution in [2.24, 2.45) is 17.8 Å². The first-order valence-corrected chi connectivity index (χ1v) is 13.8. The fraction of sp³-hybridized carbons (Fsp3) is 0.677. The third kappa shape index (κ3) is 5.97. The van der Waals surface area contributed by atoms with Crippen LogP contribution < -0.4 is 0 Å². The molecule has 0 spiro atoms. The zero-order valence-electron chi connectivity index (χ0n) is 22.7. The van der Waals surface area contributed by atoms with Crippen LogP contribution in [0.3, 0.4) is 0 Å². The number of epoxide rings is 1. The number of hydrogen-bond acceptors (Lipinski definition) is 4. The van der Waals surface area contributed by atoms with E-state index in [1.165, 1.54) is 38.5 Å². The maximum absolute atomic E-state index is 13.2. The van der Waals surface area contributed by atoms with Crippen LogP contribution in [0, 0.1) is 17.8 Å². The van der Waals surface area contributed by atoms with E-state index in [2.05, 4.69) is 27.7 Å². The van der Waals surface area contributed by atoms with Gasteiger partial charge in [-0.05, 0) is 44.4 Å². The molecule has 1 aromatic rings. The van der Waals surface area contributed by atoms with E-state index in [1.54, 1.807) is 37.3 Å². The molecule has 1 heterocycles. The standard InChI is InChI=1S/C31H46O4/c1-21(2)12-9-13-22(3)14-10-15-23(4)16-11-17-24(5)20-27(32)31-29(34)26-19-8-7-18-25(26)28(33)30(31,6)35-31/h7-8,18-23,27,32H,9-17H2,1-6H3/b24-20+. The van der Waals surface area contributed by atoms with E-state index in [0.717, 1.165) is 36.7 Å². The molecule has 1 saturated heterocycles. The quantitative estimate of drug-likeness (QED) is 0.222. The number of hydrogen-bond donors (Lipinski definition) is 1. The molecule has 0 radical (unpaired) electrons. The van der Waals surface area contributed by atoms with Gasteiger partial charge in [0.1, 0.15) is 6.10 Å². The minimum atomic E-state index is -1.49. The Morgan fingerprint density at radius 1 is 0.886 bits per heavy atom. The first-order valence-electron chi connectivity index (χ1n) is 13.8. The smallest absolute Gasteiger partial charge is 0.201 e. The zero-order chi connectivity index (χ0) is 25.8. The van der Waals surface area contributed by atoms with Crippen LogP contribution in [-0.2, 0) is 4.74 Å². The molecule has 1 aliphatic carbocycles. The maximum atomic E-state index is 13.2. The van der Waals surface area contributed by atoms with Gasteiger partial charge in [0, 0.05) is 11.1 Å². The molecule has 0 amide bonds. The Labute approximate surface area is 212 Å². The predicted molar refractivity (Wildman–Crippen MR) is 142 cm³/mol. The van der Waals surface area contributed by atoms with Gasteiger partial charge in [-0.25, -0.2) is 0 Å². The number of fused-ring (bicyclic) bond motifs is 2. The minimum absolute atomic E-state index is 0.221. The van der Waals surface area contributed by atoms with E-state index < -0.39 is 17.3 Å². The molecule has 3 rings (SSSR count). The Balaban J connectivity index is 1.44. The largest absolute Gasteiger partial charge is 0.385 e. The third-order valence-corrected chi connectivity index (χ3v) is 8.22. The average Bonchev–Trinajstić information content (AvgIpc) is 3.46. The van der Waals surface area contributed by atoms with Gasteiger partial charge < -0.3 is 9.84 Å². The first kappa shape index (κ1) is 27.8. The van der Waals surface area contributed by atoms with Crippen LogP contribution in [0.2, 0.25) is 0 Å². The van der Waals surface area contributed by atoms with Gasteiger partial charge in [-0.1, -0.05) is 109 Å². The van der Waals surface area contributed by atoms with E-state index >= 15 is 0 Å². The van der Waals surface area contributed by atoms with Crippen molar-refractivity contribution in [2.45, 2.75) is 117 Å². The number of aliphatic hydroxyl groups is 1. The molecule has 4 heteroatoms. The van der Waals surface area contributed by atoms with Crippen LogP contribution in [-0.4, -0.2) is 34.0 Å². The fourth-order valence-corrected chi connectivity index (χ4v) is 5.77. The molecule has 194 valence electrons. The number of carbonyl (C=O) groups excluding carboxylic acids is 2. The normalized spacial score (nSPS) is 26.3. The second-order valence-corrected chi connectivity index (χ2v) is 11.9. The fourth-order valence-electron chi connectivity index (χ4n) is 5.77. The van der Waals surface area contributed by atoms with Gasteiger partial charge in [-0.3, -0.25) is 9.59 Å². The summed E-state index contributed by atoms with van der Waals surface area (Å²) in [7, 11) is 0. The van der Waals surface area contributed by atoms with Crippen LogP contribution in [0.4, 0.5) is 0 Å². The Morgan fingerprint density at radius 2 is 1.40 bits per heavy atom. The topological polar surface area (TPSA) is 66.9 Å². The molecule has 5 atom stereocenters. The Morgan fingerprint density at radius 3 is 1.97 bits per heavy atom. The maximum Gasteiger partial charge on any atom is 0.201 e. The van der Waals surface area contributed by atoms with E-state index in [-0.39, 0.29) is 11.6 Å². The van der Waals surface area contributed by atoms with Crippen molar-refractivity contribution in [1.29, 1.82) is 0 Å². The number of allylic oxidation sites excluding steroid dienone is 1. The summed E-state index contributed by atoms with van der Waals surface area (Å²) in [4.78, 5) is 26.2. The SMILES string of the molecule is C/C(=C\C(O)C12OC1(C)C(=O)c1ccccc1C2=O)CCCC(C)CCCC(C)CCCC(C)C. The molecule has 1 aliphatic heterocycles. The number of ether oxygens (including phenoxy) is 1. The highest BCUT2D eigenvalue weighted by molar-refractivity contribution is 6.25. The highest BCUT2D eigenvalue weighted by Gasteiger charge is 2.80. The van der Waals surface area contributed by atoms with Crippen molar-refractivity contribution < 1.29 is 19.4 Å². The third-order valence-electron chi connectivity index (χ3n) is 8.22. The van der Waals surface area contributed by atoms with Crippen molar-refractivity contribution >= 4 is 11.6 Å². The molecule has 0 saturated carbocycles. The summed E-state index contributed by atoms with van der Waals surface area (Å²) in [6.07, 6.45) is 11.6. The van der Waals surface area contributed by atoms with Gasteiger partial charge in [-0.15, -0.1) is 0 Å². The number of rotatable bonds is 14. The van der Waals surface area contributed by atoms with Crippen LogP contribution in [0.25, 0.3) is 0 Å². The highest BCUT2D eigenvalue weighted by Crippen LogP contribution is 2.57. The molecule has 1 aromatic carbocycles. The van der Waals surface area contributed by atoms with Gasteiger partial charge in [0.05, 0.1) is 0 Å². The summed E-state index contributed by atoms with van der Waals surface area (Å²) in [6, 6.07) is 6.80. The van der Waals surface area contributed by atoms with E-state index in [4.69, 9.17) is 4.74 Å². The lowest BCUT2D eigenvalue weighted by Gasteiger charge is -2.25. The highest BCUT2D eigenvalue weighted by atomic mass is 16.7. The van der Waals surface area contributed by atoms with Crippen molar-refractivity contribution in [3.8, 4) is 0 Å². The molecule has 5 unspecified atom stereocenters. The molecule has 4 nitrogen and oxygen atoms in total. The van der Waals surface area contributed by atoms with E-state index in [1.807, 2.05) is 6.92 Å². The summed E-state index contributed by atoms with van der Waals surface area (Å²) >= 11 is 0. The molecule has 2 aliphatic rings. The Bertz CT molecular complexity index is 932. The van der Waals surface area contributed by atoms with Gasteiger partial charge in [-0.2, -0.15) is 0 Å². The number of Topliss-reactive ketones (excluding diaryl/α,β-unsaturated/α-hetero) is 2. The molecule has 0 aromatic heterocycles. The van der Waals surface area contributed by atoms with Crippen LogP contribution in [0.15, 0.2) is 35.9 Å². The van der Waals surface area contributed by atoms with Gasteiger partial charge in [0.25, 0.3) is 0 Å². The summed E-state index contributed by atoms with van der Waals surface area (Å²) in [5.74, 6) is 1.81. The monoisotopic (exact) mass is 482 g/mol. The van der Waals surface area contributed by atoms with Gasteiger partial charge in [0.15, 0.2) is 17.0 Å². The number of ketones is 2. The summed E-state index contributed by atoms with van der Waals surface area (Å²) in [5, 5.41) is 11.0. The minimum Gasteiger partial charge on any atom is -0.385 e. The Hall–Kier alpha value is -1.78. The molecular formula is C31H46O4. The second kappa shape index (κ2) is 11.5. The van der Waals surface area contributed by atoms with E-state index in [0.29, 0.717) is 17.0 Å². The van der Waals surface area contributed by atoms with Gasteiger partial charge >= 0.3 is 0 Å². The lowest BCUT2D eigenvalue weighted by atomic mass is 9.72. The van der Waals surface area contributed by atoms with Gasteiger partial charge in [0.2, 0.25) is 5.78 Å². The summed E-state index contributed by atoms with van der Waals surface area (Å²) in [5.41, 5.74) is -0.996. The van der Waals surface area contributed by atoms with Crippen molar-refractivity contribution in [1.82, 2.24) is 0 Å². The zero-order valence-corrected chi connectivity index (χ0v) is 22.7. The number of aliphatic hydroxyl groups excluding tert-OH is 1. The molecule has 35 heavy (non-hydrogen) atoms. The van der Waals surface area contributed by atoms with Crippen LogP contribution >= 0.6 is 0 Å². The second-order valence-electron chi connectivity index (χ2n) is 11.9. The molecule has 1 N–H and O–H groups in total. The summed E-state index contributed by atoms with van der Waals surface area (Å²) in [6.45, 7) is 13.0. The van der Waals surface area contributed by atoms with Crippen molar-refractivity contribution in [3.05, 3.63) is 47.0 Å². The number of carbonyl (C=O) groups is 2. The van der Waals surface area contributed by atoms with E-state index in [9.17, 15) is 14.7 Å². The summed E-state index contributed by atoms with van der Waals surface area (Å²) < 4.78 is 5.77. The predicted octanol–water partition coefficient (Wildman–Crippen LogP) is 7.34. The lowest BCUT2D eigenvalue weighted by Crippen LogP contribution is -2.50. The number of benzene rings is 1. The van der Waals surface area contributed by atoms with Crippen LogP contribution in [0.1, 0.15) is 120 Å². The Kier molecular flexibility index (Phi) is 9.15. The molecule has 0 bridgehead atoms.